The summed E-state index contributed by atoms with van der Waals surface area (Å²) in [5.74, 6) is 4.73. The molecule has 0 aromatic carbocycles. The molecule has 0 spiro atoms. The number of aromatic nitrogens is 5. The first-order chi connectivity index (χ1) is 12.3. The van der Waals surface area contributed by atoms with Crippen LogP contribution in [0, 0.1) is 0 Å². The van der Waals surface area contributed by atoms with E-state index in [1.807, 2.05) is 0 Å². The molecule has 2 aromatic heterocycles. The normalized spacial score (nSPS) is 16.5. The Morgan fingerprint density at radius 2 is 1.85 bits per heavy atom. The molecule has 0 radical (unpaired) electrons. The third-order valence-electron chi connectivity index (χ3n) is 5.08. The van der Waals surface area contributed by atoms with E-state index >= 15 is 0 Å². The average Bonchev–Trinajstić information content (AvgIpc) is 3.10. The Labute approximate surface area is 156 Å². The van der Waals surface area contributed by atoms with Gasteiger partial charge in [-0.25, -0.2) is 15.0 Å². The van der Waals surface area contributed by atoms with E-state index in [1.54, 1.807) is 0 Å². The zero-order chi connectivity index (χ0) is 18.9. The fourth-order valence-electron chi connectivity index (χ4n) is 3.27. The molecule has 2 aromatic rings. The SMILES string of the molecule is CCc1nc(C2CCN(c3cc(C(C)(C)C)nc(C(C)C)n3)CC2)n[nH]1. The van der Waals surface area contributed by atoms with E-state index in [-0.39, 0.29) is 5.41 Å². The lowest BCUT2D eigenvalue weighted by atomic mass is 9.91. The van der Waals surface area contributed by atoms with Crippen molar-refractivity contribution in [2.45, 2.75) is 78.1 Å². The molecule has 6 nitrogen and oxygen atoms in total. The van der Waals surface area contributed by atoms with Gasteiger partial charge in [0.15, 0.2) is 5.82 Å². The Balaban J connectivity index is 1.77. The number of hydrogen-bond acceptors (Lipinski definition) is 5. The number of anilines is 1. The molecule has 6 heteroatoms. The zero-order valence-corrected chi connectivity index (χ0v) is 17.0. The number of nitrogens with zero attached hydrogens (tertiary/aromatic N) is 5. The third-order valence-corrected chi connectivity index (χ3v) is 5.08. The molecule has 0 amide bonds. The number of nitrogens with one attached hydrogen (secondary N) is 1. The van der Waals surface area contributed by atoms with Gasteiger partial charge in [0.1, 0.15) is 17.5 Å². The van der Waals surface area contributed by atoms with Gasteiger partial charge in [0.2, 0.25) is 0 Å². The Morgan fingerprint density at radius 1 is 1.15 bits per heavy atom. The molecule has 1 aliphatic heterocycles. The number of rotatable bonds is 4. The molecule has 1 saturated heterocycles. The summed E-state index contributed by atoms with van der Waals surface area (Å²) in [6.45, 7) is 15.0. The topological polar surface area (TPSA) is 70.6 Å². The zero-order valence-electron chi connectivity index (χ0n) is 17.0. The molecule has 0 atom stereocenters. The highest BCUT2D eigenvalue weighted by Crippen LogP contribution is 2.31. The summed E-state index contributed by atoms with van der Waals surface area (Å²) < 4.78 is 0. The minimum absolute atomic E-state index is 0.0230. The van der Waals surface area contributed by atoms with Crippen LogP contribution >= 0.6 is 0 Å². The number of aromatic amines is 1. The smallest absolute Gasteiger partial charge is 0.153 e. The van der Waals surface area contributed by atoms with Crippen LogP contribution in [0.1, 0.15) is 89.4 Å². The molecule has 3 heterocycles. The van der Waals surface area contributed by atoms with Crippen LogP contribution in [0.3, 0.4) is 0 Å². The molecule has 3 rings (SSSR count). The van der Waals surface area contributed by atoms with E-state index in [9.17, 15) is 0 Å². The van der Waals surface area contributed by atoms with Crippen molar-refractivity contribution in [2.24, 2.45) is 0 Å². The van der Waals surface area contributed by atoms with Crippen LogP contribution in [-0.2, 0) is 11.8 Å². The van der Waals surface area contributed by atoms with Gasteiger partial charge >= 0.3 is 0 Å². The number of aryl methyl sites for hydroxylation is 1. The molecule has 0 bridgehead atoms. The van der Waals surface area contributed by atoms with Crippen molar-refractivity contribution in [1.29, 1.82) is 0 Å². The second-order valence-corrected chi connectivity index (χ2v) is 8.63. The lowest BCUT2D eigenvalue weighted by Gasteiger charge is -2.33. The summed E-state index contributed by atoms with van der Waals surface area (Å²) in [7, 11) is 0. The second-order valence-electron chi connectivity index (χ2n) is 8.63. The van der Waals surface area contributed by atoms with Crippen LogP contribution in [0.5, 0.6) is 0 Å². The van der Waals surface area contributed by atoms with Gasteiger partial charge in [-0.1, -0.05) is 41.5 Å². The van der Waals surface area contributed by atoms with Gasteiger partial charge in [0.25, 0.3) is 0 Å². The first kappa shape index (κ1) is 18.8. The summed E-state index contributed by atoms with van der Waals surface area (Å²) >= 11 is 0. The van der Waals surface area contributed by atoms with E-state index in [2.05, 4.69) is 67.7 Å². The molecule has 142 valence electrons. The highest BCUT2D eigenvalue weighted by molar-refractivity contribution is 5.42. The van der Waals surface area contributed by atoms with Gasteiger partial charge in [-0.15, -0.1) is 0 Å². The summed E-state index contributed by atoms with van der Waals surface area (Å²) in [4.78, 5) is 16.7. The average molecular weight is 357 g/mol. The Morgan fingerprint density at radius 3 is 2.38 bits per heavy atom. The van der Waals surface area contributed by atoms with Crippen molar-refractivity contribution < 1.29 is 0 Å². The van der Waals surface area contributed by atoms with E-state index < -0.39 is 0 Å². The molecular weight excluding hydrogens is 324 g/mol. The summed E-state index contributed by atoms with van der Waals surface area (Å²) in [5.41, 5.74) is 1.14. The fraction of sp³-hybridized carbons (Fsp3) is 0.700. The van der Waals surface area contributed by atoms with Gasteiger partial charge in [0.05, 0.1) is 5.69 Å². The quantitative estimate of drug-likeness (QED) is 0.898. The van der Waals surface area contributed by atoms with Gasteiger partial charge in [-0.2, -0.15) is 5.10 Å². The lowest BCUT2D eigenvalue weighted by molar-refractivity contribution is 0.482. The molecular formula is C20H32N6. The summed E-state index contributed by atoms with van der Waals surface area (Å²) in [5, 5.41) is 7.46. The van der Waals surface area contributed by atoms with Crippen LogP contribution < -0.4 is 4.90 Å². The van der Waals surface area contributed by atoms with Crippen molar-refractivity contribution in [3.63, 3.8) is 0 Å². The molecule has 26 heavy (non-hydrogen) atoms. The monoisotopic (exact) mass is 356 g/mol. The van der Waals surface area contributed by atoms with Crippen LogP contribution in [-0.4, -0.2) is 38.2 Å². The van der Waals surface area contributed by atoms with E-state index in [1.165, 1.54) is 0 Å². The Kier molecular flexibility index (Phi) is 5.30. The van der Waals surface area contributed by atoms with E-state index in [4.69, 9.17) is 9.97 Å². The summed E-state index contributed by atoms with van der Waals surface area (Å²) in [6.07, 6.45) is 3.03. The van der Waals surface area contributed by atoms with Gasteiger partial charge < -0.3 is 4.90 Å². The highest BCUT2D eigenvalue weighted by atomic mass is 15.2. The molecule has 1 aliphatic rings. The predicted molar refractivity (Wildman–Crippen MR) is 105 cm³/mol. The molecule has 0 saturated carbocycles. The molecule has 1 fully saturated rings. The maximum atomic E-state index is 4.86. The fourth-order valence-corrected chi connectivity index (χ4v) is 3.27. The van der Waals surface area contributed by atoms with E-state index in [0.29, 0.717) is 11.8 Å². The highest BCUT2D eigenvalue weighted by Gasteiger charge is 2.26. The van der Waals surface area contributed by atoms with Crippen LogP contribution in [0.4, 0.5) is 5.82 Å². The predicted octanol–water partition coefficient (Wildman–Crippen LogP) is 3.96. The number of H-pyrrole nitrogens is 1. The first-order valence-electron chi connectivity index (χ1n) is 9.83. The van der Waals surface area contributed by atoms with Crippen LogP contribution in [0.2, 0.25) is 0 Å². The minimum Gasteiger partial charge on any atom is -0.356 e. The number of hydrogen-bond donors (Lipinski definition) is 1. The van der Waals surface area contributed by atoms with Gasteiger partial charge in [-0.3, -0.25) is 5.10 Å². The maximum Gasteiger partial charge on any atom is 0.153 e. The molecule has 0 unspecified atom stereocenters. The number of piperidine rings is 1. The Hall–Kier alpha value is -1.98. The van der Waals surface area contributed by atoms with Gasteiger partial charge in [0, 0.05) is 42.8 Å². The van der Waals surface area contributed by atoms with E-state index in [0.717, 1.165) is 61.3 Å². The molecule has 1 N–H and O–H groups in total. The second kappa shape index (κ2) is 7.33. The van der Waals surface area contributed by atoms with Crippen LogP contribution in [0.25, 0.3) is 0 Å². The van der Waals surface area contributed by atoms with Crippen molar-refractivity contribution in [2.75, 3.05) is 18.0 Å². The largest absolute Gasteiger partial charge is 0.356 e. The standard InChI is InChI=1S/C20H32N6/c1-7-16-22-19(25-24-16)14-8-10-26(11-9-14)17-12-15(20(4,5)6)21-18(23-17)13(2)3/h12-14H,7-11H2,1-6H3,(H,22,24,25). The van der Waals surface area contributed by atoms with Crippen molar-refractivity contribution in [1.82, 2.24) is 25.1 Å². The minimum atomic E-state index is 0.0230. The third kappa shape index (κ3) is 4.05. The van der Waals surface area contributed by atoms with Crippen molar-refractivity contribution in [3.05, 3.63) is 29.2 Å². The molecule has 0 aliphatic carbocycles. The van der Waals surface area contributed by atoms with Crippen LogP contribution in [0.15, 0.2) is 6.07 Å². The van der Waals surface area contributed by atoms with Crippen molar-refractivity contribution >= 4 is 5.82 Å². The maximum absolute atomic E-state index is 4.86. The Bertz CT molecular complexity index is 735. The lowest BCUT2D eigenvalue weighted by Crippen LogP contribution is -2.34. The van der Waals surface area contributed by atoms with Gasteiger partial charge in [-0.05, 0) is 12.8 Å². The first-order valence-corrected chi connectivity index (χ1v) is 9.83. The summed E-state index contributed by atoms with van der Waals surface area (Å²) in [6, 6.07) is 2.17. The van der Waals surface area contributed by atoms with Crippen molar-refractivity contribution in [3.8, 4) is 0 Å².